The van der Waals surface area contributed by atoms with Crippen LogP contribution in [0.15, 0.2) is 0 Å². The van der Waals surface area contributed by atoms with E-state index < -0.39 is 46.7 Å². The Labute approximate surface area is 105 Å². The lowest BCUT2D eigenvalue weighted by atomic mass is 9.88. The van der Waals surface area contributed by atoms with Crippen LogP contribution in [0.4, 0.5) is 0 Å². The number of ether oxygens (including phenoxy) is 2. The Hall–Kier alpha value is -0.740. The molecule has 8 nitrogen and oxygen atoms in total. The van der Waals surface area contributed by atoms with Crippen molar-refractivity contribution in [2.45, 2.75) is 38.3 Å². The van der Waals surface area contributed by atoms with Crippen LogP contribution in [0, 0.1) is 5.92 Å². The lowest BCUT2D eigenvalue weighted by molar-refractivity contribution is -0.201. The maximum Gasteiger partial charge on any atom is 0.397 e. The summed E-state index contributed by atoms with van der Waals surface area (Å²) in [6, 6.07) is 0. The molecule has 1 fully saturated rings. The topological polar surface area (TPSA) is 119 Å². The zero-order valence-electron chi connectivity index (χ0n) is 10.1. The molecule has 2 N–H and O–H groups in total. The number of hydrogen-bond acceptors (Lipinski definition) is 7. The van der Waals surface area contributed by atoms with Crippen molar-refractivity contribution in [1.29, 1.82) is 0 Å². The number of rotatable bonds is 3. The molecule has 1 saturated heterocycles. The van der Waals surface area contributed by atoms with Crippen LogP contribution < -0.4 is 0 Å². The normalized spacial score (nSPS) is 37.3. The van der Waals surface area contributed by atoms with E-state index in [9.17, 15) is 18.3 Å². The van der Waals surface area contributed by atoms with Gasteiger partial charge in [0.25, 0.3) is 0 Å². The molecule has 106 valence electrons. The third kappa shape index (κ3) is 3.39. The Morgan fingerprint density at radius 1 is 1.33 bits per heavy atom. The van der Waals surface area contributed by atoms with E-state index in [0.717, 1.165) is 0 Å². The molecule has 5 atom stereocenters. The van der Waals surface area contributed by atoms with Gasteiger partial charge in [0.15, 0.2) is 6.10 Å². The summed E-state index contributed by atoms with van der Waals surface area (Å²) in [5.41, 5.74) is 0. The molecular formula is C9H16O8S. The van der Waals surface area contributed by atoms with Gasteiger partial charge in [-0.25, -0.2) is 8.98 Å². The summed E-state index contributed by atoms with van der Waals surface area (Å²) in [5.74, 6) is -1.40. The summed E-state index contributed by atoms with van der Waals surface area (Å²) in [6.45, 7) is 2.90. The molecule has 0 amide bonds. The third-order valence-electron chi connectivity index (χ3n) is 2.84. The second kappa shape index (κ2) is 5.49. The van der Waals surface area contributed by atoms with Crippen LogP contribution >= 0.6 is 0 Å². The summed E-state index contributed by atoms with van der Waals surface area (Å²) in [6.07, 6.45) is -4.49. The molecule has 1 heterocycles. The lowest BCUT2D eigenvalue weighted by Crippen LogP contribution is -2.56. The van der Waals surface area contributed by atoms with Crippen LogP contribution in [0.5, 0.6) is 0 Å². The Bertz CT molecular complexity index is 405. The van der Waals surface area contributed by atoms with E-state index in [1.165, 1.54) is 21.0 Å². The van der Waals surface area contributed by atoms with Crippen LogP contribution in [0.1, 0.15) is 13.8 Å². The van der Waals surface area contributed by atoms with Crippen molar-refractivity contribution in [2.75, 3.05) is 7.11 Å². The fraction of sp³-hybridized carbons (Fsp3) is 0.889. The minimum absolute atomic E-state index is 0.668. The van der Waals surface area contributed by atoms with Crippen LogP contribution in [-0.2, 0) is 28.9 Å². The lowest BCUT2D eigenvalue weighted by Gasteiger charge is -2.40. The monoisotopic (exact) mass is 284 g/mol. The highest BCUT2D eigenvalue weighted by atomic mass is 32.3. The smallest absolute Gasteiger partial charge is 0.397 e. The van der Waals surface area contributed by atoms with Crippen molar-refractivity contribution >= 4 is 16.4 Å². The minimum atomic E-state index is -4.71. The number of aliphatic hydroxyl groups is 1. The second-order valence-corrected chi connectivity index (χ2v) is 5.17. The van der Waals surface area contributed by atoms with Gasteiger partial charge in [0, 0.05) is 5.92 Å². The molecule has 0 aromatic carbocycles. The summed E-state index contributed by atoms with van der Waals surface area (Å²) in [7, 11) is -3.54. The van der Waals surface area contributed by atoms with E-state index in [4.69, 9.17) is 9.29 Å². The number of aliphatic hydroxyl groups excluding tert-OH is 1. The molecule has 5 unspecified atom stereocenters. The average Bonchev–Trinajstić information content (AvgIpc) is 2.27. The van der Waals surface area contributed by atoms with Crippen molar-refractivity contribution in [3.63, 3.8) is 0 Å². The summed E-state index contributed by atoms with van der Waals surface area (Å²) in [4.78, 5) is 11.4. The Balaban J connectivity index is 2.87. The number of carbonyl (C=O) groups excluding carboxylic acids is 1. The third-order valence-corrected chi connectivity index (χ3v) is 3.31. The van der Waals surface area contributed by atoms with Crippen LogP contribution in [0.2, 0.25) is 0 Å². The predicted molar refractivity (Wildman–Crippen MR) is 57.9 cm³/mol. The minimum Gasteiger partial charge on any atom is -0.467 e. The SMILES string of the molecule is COC(=O)C1OC(C)C(OS(=O)(=O)O)C(O)C1C. The molecule has 0 aromatic heterocycles. The average molecular weight is 284 g/mol. The van der Waals surface area contributed by atoms with Gasteiger partial charge >= 0.3 is 16.4 Å². The highest BCUT2D eigenvalue weighted by molar-refractivity contribution is 7.80. The Morgan fingerprint density at radius 3 is 2.33 bits per heavy atom. The molecule has 9 heteroatoms. The molecule has 0 spiro atoms. The van der Waals surface area contributed by atoms with Crippen LogP contribution in [0.3, 0.4) is 0 Å². The first-order chi connectivity index (χ1) is 8.17. The second-order valence-electron chi connectivity index (χ2n) is 4.12. The molecule has 18 heavy (non-hydrogen) atoms. The van der Waals surface area contributed by atoms with Crippen LogP contribution in [0.25, 0.3) is 0 Å². The van der Waals surface area contributed by atoms with E-state index in [0.29, 0.717) is 0 Å². The highest BCUT2D eigenvalue weighted by Crippen LogP contribution is 2.29. The first-order valence-electron chi connectivity index (χ1n) is 5.24. The van der Waals surface area contributed by atoms with Gasteiger partial charge in [-0.1, -0.05) is 6.92 Å². The van der Waals surface area contributed by atoms with Gasteiger partial charge in [-0.3, -0.25) is 4.55 Å². The van der Waals surface area contributed by atoms with E-state index in [1.807, 2.05) is 0 Å². The highest BCUT2D eigenvalue weighted by Gasteiger charge is 2.46. The number of carbonyl (C=O) groups is 1. The predicted octanol–water partition coefficient (Wildman–Crippen LogP) is -0.868. The molecule has 0 radical (unpaired) electrons. The maximum atomic E-state index is 11.4. The number of esters is 1. The number of methoxy groups -OCH3 is 1. The molecule has 0 aliphatic carbocycles. The molecule has 0 saturated carbocycles. The van der Waals surface area contributed by atoms with Crippen molar-refractivity contribution in [3.05, 3.63) is 0 Å². The fourth-order valence-corrected chi connectivity index (χ4v) is 2.40. The van der Waals surface area contributed by atoms with E-state index >= 15 is 0 Å². The molecular weight excluding hydrogens is 268 g/mol. The summed E-state index contributed by atoms with van der Waals surface area (Å²) in [5, 5.41) is 9.90. The van der Waals surface area contributed by atoms with Gasteiger partial charge in [0.1, 0.15) is 6.10 Å². The molecule has 0 bridgehead atoms. The van der Waals surface area contributed by atoms with Crippen molar-refractivity contribution in [1.82, 2.24) is 0 Å². The first-order valence-corrected chi connectivity index (χ1v) is 6.61. The van der Waals surface area contributed by atoms with Gasteiger partial charge in [-0.05, 0) is 6.92 Å². The largest absolute Gasteiger partial charge is 0.467 e. The van der Waals surface area contributed by atoms with Crippen molar-refractivity contribution in [3.8, 4) is 0 Å². The van der Waals surface area contributed by atoms with Gasteiger partial charge in [0.2, 0.25) is 0 Å². The van der Waals surface area contributed by atoms with Crippen molar-refractivity contribution in [2.24, 2.45) is 5.92 Å². The van der Waals surface area contributed by atoms with Crippen LogP contribution in [-0.4, -0.2) is 55.6 Å². The van der Waals surface area contributed by atoms with Crippen molar-refractivity contribution < 1.29 is 36.5 Å². The first kappa shape index (κ1) is 15.3. The zero-order valence-corrected chi connectivity index (χ0v) is 11.0. The Morgan fingerprint density at radius 2 is 1.89 bits per heavy atom. The van der Waals surface area contributed by atoms with Gasteiger partial charge in [-0.2, -0.15) is 8.42 Å². The number of hydrogen-bond donors (Lipinski definition) is 2. The molecule has 0 aromatic rings. The molecule has 1 aliphatic rings. The van der Waals surface area contributed by atoms with E-state index in [1.54, 1.807) is 0 Å². The van der Waals surface area contributed by atoms with E-state index in [-0.39, 0.29) is 0 Å². The molecule has 1 rings (SSSR count). The van der Waals surface area contributed by atoms with Gasteiger partial charge < -0.3 is 14.6 Å². The maximum absolute atomic E-state index is 11.4. The van der Waals surface area contributed by atoms with Gasteiger partial charge in [0.05, 0.1) is 19.3 Å². The summed E-state index contributed by atoms with van der Waals surface area (Å²) >= 11 is 0. The van der Waals surface area contributed by atoms with Gasteiger partial charge in [-0.15, -0.1) is 0 Å². The van der Waals surface area contributed by atoms with E-state index in [2.05, 4.69) is 8.92 Å². The quantitative estimate of drug-likeness (QED) is 0.507. The molecule has 1 aliphatic heterocycles. The zero-order chi connectivity index (χ0) is 14.1. The summed E-state index contributed by atoms with van der Waals surface area (Å²) < 4.78 is 44.0. The Kier molecular flexibility index (Phi) is 4.67. The fourth-order valence-electron chi connectivity index (χ4n) is 1.85. The standard InChI is InChI=1S/C9H16O8S/c1-4-6(10)8(17-18(12,13)14)5(2)16-7(4)9(11)15-3/h4-8,10H,1-3H3,(H,12,13,14).